The molecule has 0 aromatic carbocycles. The number of carbonyl (C=O) groups is 1. The maximum atomic E-state index is 12.5. The van der Waals surface area contributed by atoms with E-state index in [1.165, 1.54) is 0 Å². The first-order valence-electron chi connectivity index (χ1n) is 5.30. The Hall–Kier alpha value is -0.490. The summed E-state index contributed by atoms with van der Waals surface area (Å²) in [4.78, 5) is 9.98. The molecule has 0 atom stereocenters. The Kier molecular flexibility index (Phi) is 6.85. The average molecular weight is 276 g/mol. The van der Waals surface area contributed by atoms with Crippen molar-refractivity contribution in [2.24, 2.45) is 5.41 Å². The molecular formula is C10H17ClF3NO2. The summed E-state index contributed by atoms with van der Waals surface area (Å²) in [5.41, 5.74) is -0.757. The average Bonchev–Trinajstić information content (AvgIpc) is 2.16. The van der Waals surface area contributed by atoms with Gasteiger partial charge in [-0.05, 0) is 37.8 Å². The van der Waals surface area contributed by atoms with Crippen LogP contribution in [0, 0.1) is 5.41 Å². The number of alkyl halides is 3. The van der Waals surface area contributed by atoms with E-state index < -0.39 is 18.0 Å². The first-order valence-corrected chi connectivity index (χ1v) is 5.30. The molecule has 0 radical (unpaired) electrons. The van der Waals surface area contributed by atoms with Crippen molar-refractivity contribution >= 4 is 18.9 Å². The molecule has 17 heavy (non-hydrogen) atoms. The molecule has 1 saturated heterocycles. The number of carbonyl (C=O) groups excluding carboxylic acids is 1. The molecule has 7 heteroatoms. The third-order valence-electron chi connectivity index (χ3n) is 3.06. The molecule has 0 aliphatic carbocycles. The van der Waals surface area contributed by atoms with Gasteiger partial charge in [-0.15, -0.1) is 12.4 Å². The number of hydrogen-bond acceptors (Lipinski definition) is 3. The van der Waals surface area contributed by atoms with E-state index >= 15 is 0 Å². The number of nitrogens with one attached hydrogen (secondary N) is 1. The molecule has 0 spiro atoms. The van der Waals surface area contributed by atoms with Gasteiger partial charge in [0.15, 0.2) is 0 Å². The summed E-state index contributed by atoms with van der Waals surface area (Å²) in [5.74, 6) is 0. The Morgan fingerprint density at radius 2 is 1.88 bits per heavy atom. The zero-order valence-corrected chi connectivity index (χ0v) is 10.2. The Labute approximate surface area is 104 Å². The topological polar surface area (TPSA) is 38.3 Å². The van der Waals surface area contributed by atoms with Crippen molar-refractivity contribution in [3.8, 4) is 0 Å². The fourth-order valence-electron chi connectivity index (χ4n) is 2.22. The second-order valence-electron chi connectivity index (χ2n) is 4.26. The molecule has 0 amide bonds. The van der Waals surface area contributed by atoms with Gasteiger partial charge in [-0.1, -0.05) is 0 Å². The molecule has 1 aliphatic heterocycles. The van der Waals surface area contributed by atoms with Crippen molar-refractivity contribution in [1.82, 2.24) is 5.32 Å². The van der Waals surface area contributed by atoms with Gasteiger partial charge in [0.1, 0.15) is 0 Å². The highest BCUT2D eigenvalue weighted by molar-refractivity contribution is 5.85. The second kappa shape index (κ2) is 7.06. The van der Waals surface area contributed by atoms with Crippen LogP contribution >= 0.6 is 12.4 Å². The number of halogens is 4. The molecule has 1 aliphatic rings. The number of piperidine rings is 1. The highest BCUT2D eigenvalue weighted by Gasteiger charge is 2.42. The van der Waals surface area contributed by atoms with Crippen LogP contribution in [0.5, 0.6) is 0 Å². The Morgan fingerprint density at radius 3 is 2.35 bits per heavy atom. The molecule has 1 fully saturated rings. The normalized spacial score (nSPS) is 19.2. The van der Waals surface area contributed by atoms with E-state index in [0.29, 0.717) is 25.9 Å². The van der Waals surface area contributed by atoms with E-state index in [0.717, 1.165) is 0 Å². The third-order valence-corrected chi connectivity index (χ3v) is 3.06. The summed E-state index contributed by atoms with van der Waals surface area (Å²) in [7, 11) is 0. The van der Waals surface area contributed by atoms with Crippen LogP contribution < -0.4 is 5.32 Å². The lowest BCUT2D eigenvalue weighted by Crippen LogP contribution is -2.40. The Morgan fingerprint density at radius 1 is 1.29 bits per heavy atom. The molecule has 3 nitrogen and oxygen atoms in total. The standard InChI is InChI=1S/C10H16F3NO2.ClH/c11-10(12,13)7-9(3-6-16-8-15)1-4-14-5-2-9;/h8,14H,1-7H2;1H. The summed E-state index contributed by atoms with van der Waals surface area (Å²) in [6.07, 6.45) is -3.70. The molecule has 0 bridgehead atoms. The second-order valence-corrected chi connectivity index (χ2v) is 4.26. The fourth-order valence-corrected chi connectivity index (χ4v) is 2.22. The van der Waals surface area contributed by atoms with Crippen LogP contribution in [0.2, 0.25) is 0 Å². The molecule has 1 heterocycles. The fraction of sp³-hybridized carbons (Fsp3) is 0.900. The minimum absolute atomic E-state index is 0. The van der Waals surface area contributed by atoms with Crippen molar-refractivity contribution in [1.29, 1.82) is 0 Å². The van der Waals surface area contributed by atoms with Crippen LogP contribution in [0.15, 0.2) is 0 Å². The van der Waals surface area contributed by atoms with Gasteiger partial charge < -0.3 is 10.1 Å². The first kappa shape index (κ1) is 16.5. The lowest BCUT2D eigenvalue weighted by atomic mass is 9.73. The van der Waals surface area contributed by atoms with E-state index in [1.54, 1.807) is 0 Å². The molecule has 1 N–H and O–H groups in total. The van der Waals surface area contributed by atoms with Crippen LogP contribution in [-0.2, 0) is 9.53 Å². The predicted octanol–water partition coefficient (Wildman–Crippen LogP) is 2.29. The van der Waals surface area contributed by atoms with Gasteiger partial charge in [-0.3, -0.25) is 4.79 Å². The maximum absolute atomic E-state index is 12.5. The van der Waals surface area contributed by atoms with Crippen LogP contribution in [-0.4, -0.2) is 32.3 Å². The monoisotopic (exact) mass is 275 g/mol. The van der Waals surface area contributed by atoms with Crippen molar-refractivity contribution in [2.45, 2.75) is 31.9 Å². The molecule has 1 rings (SSSR count). The van der Waals surface area contributed by atoms with E-state index in [-0.39, 0.29) is 31.9 Å². The van der Waals surface area contributed by atoms with Gasteiger partial charge in [0, 0.05) is 6.42 Å². The van der Waals surface area contributed by atoms with Crippen LogP contribution in [0.25, 0.3) is 0 Å². The third kappa shape index (κ3) is 6.12. The van der Waals surface area contributed by atoms with Gasteiger partial charge in [-0.2, -0.15) is 13.2 Å². The van der Waals surface area contributed by atoms with Gasteiger partial charge in [-0.25, -0.2) is 0 Å². The van der Waals surface area contributed by atoms with E-state index in [9.17, 15) is 18.0 Å². The minimum Gasteiger partial charge on any atom is -0.468 e. The molecule has 102 valence electrons. The van der Waals surface area contributed by atoms with E-state index in [4.69, 9.17) is 0 Å². The molecule has 0 aromatic heterocycles. The number of ether oxygens (including phenoxy) is 1. The minimum atomic E-state index is -4.15. The zero-order valence-electron chi connectivity index (χ0n) is 9.39. The van der Waals surface area contributed by atoms with E-state index in [2.05, 4.69) is 10.1 Å². The van der Waals surface area contributed by atoms with Crippen LogP contribution in [0.1, 0.15) is 25.7 Å². The van der Waals surface area contributed by atoms with Crippen molar-refractivity contribution in [3.63, 3.8) is 0 Å². The van der Waals surface area contributed by atoms with Crippen molar-refractivity contribution < 1.29 is 22.7 Å². The summed E-state index contributed by atoms with van der Waals surface area (Å²) in [6, 6.07) is 0. The summed E-state index contributed by atoms with van der Waals surface area (Å²) in [6.45, 7) is 1.54. The lowest BCUT2D eigenvalue weighted by molar-refractivity contribution is -0.164. The number of hydrogen-bond donors (Lipinski definition) is 1. The van der Waals surface area contributed by atoms with Crippen LogP contribution in [0.3, 0.4) is 0 Å². The SMILES string of the molecule is Cl.O=COCCC1(CC(F)(F)F)CCNCC1. The Bertz CT molecular complexity index is 230. The first-order chi connectivity index (χ1) is 7.47. The highest BCUT2D eigenvalue weighted by Crippen LogP contribution is 2.42. The summed E-state index contributed by atoms with van der Waals surface area (Å²) in [5, 5.41) is 3.04. The zero-order chi connectivity index (χ0) is 12.1. The Balaban J connectivity index is 0.00000256. The predicted molar refractivity (Wildman–Crippen MR) is 59.1 cm³/mol. The largest absolute Gasteiger partial charge is 0.468 e. The highest BCUT2D eigenvalue weighted by atomic mass is 35.5. The summed E-state index contributed by atoms with van der Waals surface area (Å²) >= 11 is 0. The van der Waals surface area contributed by atoms with E-state index in [1.807, 2.05) is 0 Å². The van der Waals surface area contributed by atoms with Gasteiger partial charge in [0.2, 0.25) is 0 Å². The molecular weight excluding hydrogens is 259 g/mol. The van der Waals surface area contributed by atoms with Gasteiger partial charge in [0.05, 0.1) is 6.61 Å². The van der Waals surface area contributed by atoms with Crippen LogP contribution in [0.4, 0.5) is 13.2 Å². The lowest BCUT2D eigenvalue weighted by Gasteiger charge is -2.38. The van der Waals surface area contributed by atoms with Crippen molar-refractivity contribution in [2.75, 3.05) is 19.7 Å². The number of rotatable bonds is 5. The van der Waals surface area contributed by atoms with Crippen molar-refractivity contribution in [3.05, 3.63) is 0 Å². The van der Waals surface area contributed by atoms with Gasteiger partial charge in [0.25, 0.3) is 6.47 Å². The van der Waals surface area contributed by atoms with Gasteiger partial charge >= 0.3 is 6.18 Å². The summed E-state index contributed by atoms with van der Waals surface area (Å²) < 4.78 is 41.9. The smallest absolute Gasteiger partial charge is 0.389 e. The maximum Gasteiger partial charge on any atom is 0.389 e. The molecule has 0 aromatic rings. The molecule has 0 saturated carbocycles. The molecule has 0 unspecified atom stereocenters. The quantitative estimate of drug-likeness (QED) is 0.618.